The highest BCUT2D eigenvalue weighted by atomic mass is 16.5. The van der Waals surface area contributed by atoms with Crippen molar-refractivity contribution in [2.45, 2.75) is 217 Å². The van der Waals surface area contributed by atoms with E-state index in [-0.39, 0.29) is 23.0 Å². The Bertz CT molecular complexity index is 1050. The molecule has 4 heteroatoms. The van der Waals surface area contributed by atoms with Gasteiger partial charge in [0.2, 0.25) is 11.5 Å². The molecule has 1 aromatic carbocycles. The number of benzene rings is 1. The molecule has 0 radical (unpaired) electrons. The third-order valence-electron chi connectivity index (χ3n) is 12.9. The molecular weight excluding hydrogens is 653 g/mol. The average molecular weight is 745 g/mol. The Morgan fingerprint density at radius 2 is 0.623 bits per heavy atom. The molecule has 0 saturated heterocycles. The summed E-state index contributed by atoms with van der Waals surface area (Å²) in [4.78, 5) is 0. The van der Waals surface area contributed by atoms with Gasteiger partial charge in [-0.25, -0.2) is 0 Å². The fourth-order valence-corrected chi connectivity index (χ4v) is 8.69. The molecule has 1 aromatic rings. The molecule has 2 N–H and O–H groups in total. The lowest BCUT2D eigenvalue weighted by Crippen LogP contribution is -2.04. The molecule has 0 fully saturated rings. The average Bonchev–Trinajstić information content (AvgIpc) is 3.09. The molecule has 0 saturated carbocycles. The van der Waals surface area contributed by atoms with Crippen LogP contribution in [0.2, 0.25) is 0 Å². The van der Waals surface area contributed by atoms with Crippen molar-refractivity contribution in [3.63, 3.8) is 0 Å². The van der Waals surface area contributed by atoms with Crippen LogP contribution in [0.4, 0.5) is 0 Å². The minimum atomic E-state index is 0.0576. The molecule has 53 heavy (non-hydrogen) atoms. The zero-order valence-corrected chi connectivity index (χ0v) is 37.6. The summed E-state index contributed by atoms with van der Waals surface area (Å²) in [5.74, 6) is 7.24. The fraction of sp³-hybridized carbons (Fsp3) is 0.878. The number of rotatable bonds is 33. The lowest BCUT2D eigenvalue weighted by atomic mass is 9.88. The van der Waals surface area contributed by atoms with Crippen molar-refractivity contribution < 1.29 is 19.7 Å². The molecule has 0 aliphatic carbocycles. The Hall–Kier alpha value is -1.58. The van der Waals surface area contributed by atoms with Gasteiger partial charge in [0.05, 0.1) is 14.2 Å². The summed E-state index contributed by atoms with van der Waals surface area (Å²) in [5.41, 5.74) is 1.44. The molecule has 0 aromatic heterocycles. The SMILES string of the molecule is COc1c(O)c(C)c(CC[C@H](C)CCC[C@@H](C)CCC[C@@H](C)CCC[C@@H](C)CCC[C@H](C)CCC[C@H](C)CCC[C@H](C)CCCC(C)C)c(O)c1OC. The van der Waals surface area contributed by atoms with Crippen LogP contribution in [0.5, 0.6) is 23.0 Å². The minimum Gasteiger partial charge on any atom is -0.504 e. The molecule has 0 amide bonds. The van der Waals surface area contributed by atoms with Crippen LogP contribution in [0.3, 0.4) is 0 Å². The van der Waals surface area contributed by atoms with Gasteiger partial charge in [0.15, 0.2) is 11.5 Å². The van der Waals surface area contributed by atoms with Crippen LogP contribution >= 0.6 is 0 Å². The smallest absolute Gasteiger partial charge is 0.207 e. The first-order valence-electron chi connectivity index (χ1n) is 22.8. The standard InChI is InChI=1S/C49H92O4/c1-36(2)20-13-21-37(3)22-14-23-38(4)24-15-25-39(5)26-16-27-40(6)28-17-29-41(7)30-18-31-42(8)32-19-33-43(9)34-35-45-44(10)46(50)48(52-11)49(53-12)47(45)51/h36-43,50-51H,13-35H2,1-12H3/t37-,38-,39-,40+,41+,42+,43-/m1/s1. The van der Waals surface area contributed by atoms with Crippen LogP contribution in [0.1, 0.15) is 215 Å². The molecular formula is C49H92O4. The van der Waals surface area contributed by atoms with E-state index in [4.69, 9.17) is 9.47 Å². The summed E-state index contributed by atoms with van der Waals surface area (Å²) in [6.45, 7) is 23.7. The zero-order chi connectivity index (χ0) is 39.8. The van der Waals surface area contributed by atoms with Crippen LogP contribution < -0.4 is 9.47 Å². The maximum atomic E-state index is 10.8. The highest BCUT2D eigenvalue weighted by molar-refractivity contribution is 5.65. The van der Waals surface area contributed by atoms with Gasteiger partial charge < -0.3 is 19.7 Å². The first-order valence-corrected chi connectivity index (χ1v) is 22.8. The summed E-state index contributed by atoms with van der Waals surface area (Å²) in [7, 11) is 2.97. The Morgan fingerprint density at radius 3 is 0.887 bits per heavy atom. The topological polar surface area (TPSA) is 58.9 Å². The largest absolute Gasteiger partial charge is 0.504 e. The van der Waals surface area contributed by atoms with Crippen LogP contribution in [-0.4, -0.2) is 24.4 Å². The molecule has 0 bridgehead atoms. The lowest BCUT2D eigenvalue weighted by molar-refractivity contribution is 0.313. The maximum Gasteiger partial charge on any atom is 0.207 e. The summed E-state index contributed by atoms with van der Waals surface area (Å²) < 4.78 is 10.6. The van der Waals surface area contributed by atoms with Gasteiger partial charge in [-0.2, -0.15) is 0 Å². The van der Waals surface area contributed by atoms with Crippen LogP contribution in [0.25, 0.3) is 0 Å². The van der Waals surface area contributed by atoms with Gasteiger partial charge in [0.25, 0.3) is 0 Å². The molecule has 7 atom stereocenters. The third-order valence-corrected chi connectivity index (χ3v) is 12.9. The van der Waals surface area contributed by atoms with E-state index in [0.717, 1.165) is 59.8 Å². The Kier molecular flexibility index (Phi) is 26.8. The Balaban J connectivity index is 2.09. The number of phenols is 2. The predicted molar refractivity (Wildman–Crippen MR) is 232 cm³/mol. The number of aromatic hydroxyl groups is 2. The number of methoxy groups -OCH3 is 2. The van der Waals surface area contributed by atoms with Gasteiger partial charge in [0, 0.05) is 11.1 Å². The van der Waals surface area contributed by atoms with Gasteiger partial charge in [-0.15, -0.1) is 0 Å². The van der Waals surface area contributed by atoms with Crippen LogP contribution in [0.15, 0.2) is 0 Å². The number of hydrogen-bond acceptors (Lipinski definition) is 4. The Morgan fingerprint density at radius 1 is 0.377 bits per heavy atom. The van der Waals surface area contributed by atoms with Crippen LogP contribution in [0, 0.1) is 54.3 Å². The molecule has 0 aliphatic heterocycles. The number of phenolic OH excluding ortho intramolecular Hbond substituents is 2. The van der Waals surface area contributed by atoms with E-state index in [1.54, 1.807) is 0 Å². The minimum absolute atomic E-state index is 0.0576. The second-order valence-corrected chi connectivity index (χ2v) is 19.1. The van der Waals surface area contributed by atoms with Gasteiger partial charge >= 0.3 is 0 Å². The van der Waals surface area contributed by atoms with E-state index in [1.807, 2.05) is 6.92 Å². The van der Waals surface area contributed by atoms with Gasteiger partial charge in [-0.3, -0.25) is 0 Å². The zero-order valence-electron chi connectivity index (χ0n) is 37.6. The molecule has 0 aliphatic rings. The second-order valence-electron chi connectivity index (χ2n) is 19.1. The molecule has 1 rings (SSSR count). The molecule has 0 heterocycles. The third kappa shape index (κ3) is 21.9. The number of ether oxygens (including phenoxy) is 2. The van der Waals surface area contributed by atoms with E-state index in [1.165, 1.54) is 149 Å². The van der Waals surface area contributed by atoms with Crippen molar-refractivity contribution in [3.05, 3.63) is 11.1 Å². The van der Waals surface area contributed by atoms with Crippen molar-refractivity contribution in [2.24, 2.45) is 47.3 Å². The monoisotopic (exact) mass is 745 g/mol. The van der Waals surface area contributed by atoms with E-state index >= 15 is 0 Å². The molecule has 0 spiro atoms. The maximum absolute atomic E-state index is 10.8. The van der Waals surface area contributed by atoms with E-state index in [0.29, 0.717) is 11.5 Å². The van der Waals surface area contributed by atoms with Crippen molar-refractivity contribution in [1.29, 1.82) is 0 Å². The molecule has 0 unspecified atom stereocenters. The van der Waals surface area contributed by atoms with Crippen molar-refractivity contribution in [2.75, 3.05) is 14.2 Å². The first kappa shape index (κ1) is 49.4. The summed E-state index contributed by atoms with van der Waals surface area (Å²) >= 11 is 0. The summed E-state index contributed by atoms with van der Waals surface area (Å²) in [6.07, 6.45) is 30.9. The van der Waals surface area contributed by atoms with Crippen LogP contribution in [-0.2, 0) is 6.42 Å². The van der Waals surface area contributed by atoms with Gasteiger partial charge in [-0.1, -0.05) is 197 Å². The highest BCUT2D eigenvalue weighted by Crippen LogP contribution is 2.48. The Labute approximate surface area is 331 Å². The van der Waals surface area contributed by atoms with Crippen molar-refractivity contribution in [1.82, 2.24) is 0 Å². The van der Waals surface area contributed by atoms with Gasteiger partial charge in [0.1, 0.15) is 0 Å². The van der Waals surface area contributed by atoms with Crippen molar-refractivity contribution in [3.8, 4) is 23.0 Å². The second kappa shape index (κ2) is 28.8. The quantitative estimate of drug-likeness (QED) is 0.0704. The van der Waals surface area contributed by atoms with E-state index < -0.39 is 0 Å². The van der Waals surface area contributed by atoms with Crippen molar-refractivity contribution >= 4 is 0 Å². The molecule has 312 valence electrons. The number of hydrogen-bond donors (Lipinski definition) is 2. The fourth-order valence-electron chi connectivity index (χ4n) is 8.69. The van der Waals surface area contributed by atoms with Gasteiger partial charge in [-0.05, 0) is 67.1 Å². The van der Waals surface area contributed by atoms with E-state index in [2.05, 4.69) is 62.3 Å². The predicted octanol–water partition coefficient (Wildman–Crippen LogP) is 15.7. The normalized spacial score (nSPS) is 15.9. The highest BCUT2D eigenvalue weighted by Gasteiger charge is 2.23. The van der Waals surface area contributed by atoms with E-state index in [9.17, 15) is 10.2 Å². The summed E-state index contributed by atoms with van der Waals surface area (Å²) in [6, 6.07) is 0. The summed E-state index contributed by atoms with van der Waals surface area (Å²) in [5, 5.41) is 21.3. The first-order chi connectivity index (χ1) is 25.2. The lowest BCUT2D eigenvalue weighted by Gasteiger charge is -2.19. The molecule has 4 nitrogen and oxygen atoms in total.